The summed E-state index contributed by atoms with van der Waals surface area (Å²) >= 11 is 0. The maximum Gasteiger partial charge on any atom is 0.237 e. The molecule has 1 fully saturated rings. The zero-order chi connectivity index (χ0) is 11.1. The zero-order valence-electron chi connectivity index (χ0n) is 9.24. The summed E-state index contributed by atoms with van der Waals surface area (Å²) in [6, 6.07) is -0.0569. The number of carbonyl (C=O) groups is 1. The molecule has 1 saturated carbocycles. The number of rotatable bonds is 6. The van der Waals surface area contributed by atoms with E-state index in [1.54, 1.807) is 0 Å². The number of amides is 1. The van der Waals surface area contributed by atoms with E-state index in [-0.39, 0.29) is 12.5 Å². The van der Waals surface area contributed by atoms with Gasteiger partial charge in [-0.15, -0.1) is 0 Å². The fourth-order valence-electron chi connectivity index (χ4n) is 1.99. The summed E-state index contributed by atoms with van der Waals surface area (Å²) in [5.41, 5.74) is 5.74. The molecule has 15 heavy (non-hydrogen) atoms. The van der Waals surface area contributed by atoms with Gasteiger partial charge in [0.25, 0.3) is 0 Å². The van der Waals surface area contributed by atoms with E-state index in [9.17, 15) is 4.79 Å². The minimum Gasteiger partial charge on any atom is -0.396 e. The number of nitrogens with one attached hydrogen (secondary N) is 1. The first-order valence-electron chi connectivity index (χ1n) is 5.91. The van der Waals surface area contributed by atoms with Crippen LogP contribution < -0.4 is 11.1 Å². The molecule has 1 aliphatic carbocycles. The van der Waals surface area contributed by atoms with Crippen LogP contribution in [0.4, 0.5) is 0 Å². The van der Waals surface area contributed by atoms with Gasteiger partial charge in [-0.2, -0.15) is 0 Å². The molecule has 0 aromatic heterocycles. The molecule has 88 valence electrons. The number of hydrogen-bond donors (Lipinski definition) is 3. The molecule has 0 aliphatic heterocycles. The van der Waals surface area contributed by atoms with Gasteiger partial charge < -0.3 is 16.2 Å². The van der Waals surface area contributed by atoms with Gasteiger partial charge in [0.1, 0.15) is 0 Å². The second-order valence-electron chi connectivity index (χ2n) is 4.32. The monoisotopic (exact) mass is 214 g/mol. The summed E-state index contributed by atoms with van der Waals surface area (Å²) in [5.74, 6) is -0.0279. The highest BCUT2D eigenvalue weighted by atomic mass is 16.2. The predicted octanol–water partition coefficient (Wildman–Crippen LogP) is 0.535. The molecule has 1 amide bonds. The highest BCUT2D eigenvalue weighted by molar-refractivity contribution is 5.81. The van der Waals surface area contributed by atoms with Gasteiger partial charge in [-0.05, 0) is 32.1 Å². The Labute approximate surface area is 91.2 Å². The van der Waals surface area contributed by atoms with Gasteiger partial charge >= 0.3 is 0 Å². The van der Waals surface area contributed by atoms with Crippen molar-refractivity contribution >= 4 is 5.91 Å². The van der Waals surface area contributed by atoms with Crippen LogP contribution in [0.15, 0.2) is 0 Å². The Hall–Kier alpha value is -0.610. The van der Waals surface area contributed by atoms with Crippen LogP contribution in [0.3, 0.4) is 0 Å². The van der Waals surface area contributed by atoms with Crippen molar-refractivity contribution < 1.29 is 9.90 Å². The Bertz CT molecular complexity index is 191. The fraction of sp³-hybridized carbons (Fsp3) is 0.909. The van der Waals surface area contributed by atoms with Crippen molar-refractivity contribution in [2.24, 2.45) is 5.73 Å². The van der Waals surface area contributed by atoms with E-state index in [1.807, 2.05) is 0 Å². The molecule has 0 aromatic carbocycles. The predicted molar refractivity (Wildman–Crippen MR) is 59.3 cm³/mol. The maximum atomic E-state index is 11.6. The molecule has 0 aromatic rings. The van der Waals surface area contributed by atoms with Crippen LogP contribution in [0.25, 0.3) is 0 Å². The average molecular weight is 214 g/mol. The van der Waals surface area contributed by atoms with Crippen LogP contribution in [0.2, 0.25) is 0 Å². The van der Waals surface area contributed by atoms with Gasteiger partial charge in [0.2, 0.25) is 5.91 Å². The van der Waals surface area contributed by atoms with Gasteiger partial charge in [-0.25, -0.2) is 0 Å². The van der Waals surface area contributed by atoms with Gasteiger partial charge in [-0.3, -0.25) is 4.79 Å². The van der Waals surface area contributed by atoms with Gasteiger partial charge in [0.05, 0.1) is 6.04 Å². The van der Waals surface area contributed by atoms with Crippen LogP contribution >= 0.6 is 0 Å². The third-order valence-electron chi connectivity index (χ3n) is 2.96. The van der Waals surface area contributed by atoms with Crippen LogP contribution in [0, 0.1) is 0 Å². The first kappa shape index (κ1) is 12.5. The van der Waals surface area contributed by atoms with E-state index >= 15 is 0 Å². The minimum atomic E-state index is -0.405. The van der Waals surface area contributed by atoms with E-state index in [1.165, 1.54) is 12.8 Å². The first-order valence-corrected chi connectivity index (χ1v) is 5.91. The van der Waals surface area contributed by atoms with Crippen molar-refractivity contribution in [1.29, 1.82) is 0 Å². The summed E-state index contributed by atoms with van der Waals surface area (Å²) in [5, 5.41) is 11.6. The number of nitrogens with two attached hydrogens (primary N) is 1. The summed E-state index contributed by atoms with van der Waals surface area (Å²) in [4.78, 5) is 11.6. The largest absolute Gasteiger partial charge is 0.396 e. The normalized spacial score (nSPS) is 19.1. The molecule has 0 unspecified atom stereocenters. The van der Waals surface area contributed by atoms with E-state index in [0.29, 0.717) is 12.5 Å². The van der Waals surface area contributed by atoms with Crippen molar-refractivity contribution in [2.75, 3.05) is 6.61 Å². The molecule has 0 heterocycles. The lowest BCUT2D eigenvalue weighted by atomic mass is 10.1. The zero-order valence-corrected chi connectivity index (χ0v) is 9.24. The molecule has 1 aliphatic rings. The van der Waals surface area contributed by atoms with Gasteiger partial charge in [0, 0.05) is 12.6 Å². The first-order chi connectivity index (χ1) is 7.24. The molecular formula is C11H22N2O2. The fourth-order valence-corrected chi connectivity index (χ4v) is 1.99. The standard InChI is InChI=1S/C11H22N2O2/c12-10(7-3-4-8-14)11(15)13-9-5-1-2-6-9/h9-10,14H,1-8,12H2,(H,13,15)/t10-/m0/s1. The highest BCUT2D eigenvalue weighted by Gasteiger charge is 2.20. The molecule has 1 rings (SSSR count). The lowest BCUT2D eigenvalue weighted by Crippen LogP contribution is -2.44. The Kier molecular flexibility index (Phi) is 5.65. The van der Waals surface area contributed by atoms with Gasteiger partial charge in [0.15, 0.2) is 0 Å². The molecule has 0 saturated heterocycles. The lowest BCUT2D eigenvalue weighted by molar-refractivity contribution is -0.123. The maximum absolute atomic E-state index is 11.6. The van der Waals surface area contributed by atoms with Crippen LogP contribution in [0.5, 0.6) is 0 Å². The Morgan fingerprint density at radius 3 is 2.67 bits per heavy atom. The number of unbranched alkanes of at least 4 members (excludes halogenated alkanes) is 1. The Balaban J connectivity index is 2.14. The summed E-state index contributed by atoms with van der Waals surface area (Å²) in [7, 11) is 0. The topological polar surface area (TPSA) is 75.3 Å². The van der Waals surface area contributed by atoms with E-state index < -0.39 is 6.04 Å². The molecule has 0 spiro atoms. The second-order valence-corrected chi connectivity index (χ2v) is 4.32. The van der Waals surface area contributed by atoms with Crippen molar-refractivity contribution in [1.82, 2.24) is 5.32 Å². The molecule has 1 atom stereocenters. The summed E-state index contributed by atoms with van der Waals surface area (Å²) in [6.45, 7) is 0.178. The third kappa shape index (κ3) is 4.62. The van der Waals surface area contributed by atoms with E-state index in [4.69, 9.17) is 10.8 Å². The number of hydrogen-bond acceptors (Lipinski definition) is 3. The highest BCUT2D eigenvalue weighted by Crippen LogP contribution is 2.17. The van der Waals surface area contributed by atoms with Crippen molar-refractivity contribution in [3.8, 4) is 0 Å². The second kappa shape index (κ2) is 6.80. The quantitative estimate of drug-likeness (QED) is 0.565. The number of carbonyl (C=O) groups excluding carboxylic acids is 1. The van der Waals surface area contributed by atoms with E-state index in [0.717, 1.165) is 25.7 Å². The Morgan fingerprint density at radius 2 is 2.07 bits per heavy atom. The lowest BCUT2D eigenvalue weighted by Gasteiger charge is -2.16. The van der Waals surface area contributed by atoms with Crippen molar-refractivity contribution in [3.05, 3.63) is 0 Å². The molecule has 0 radical (unpaired) electrons. The van der Waals surface area contributed by atoms with Crippen LogP contribution in [-0.2, 0) is 4.79 Å². The molecular weight excluding hydrogens is 192 g/mol. The van der Waals surface area contributed by atoms with Crippen molar-refractivity contribution in [2.45, 2.75) is 57.0 Å². The average Bonchev–Trinajstić information content (AvgIpc) is 2.70. The van der Waals surface area contributed by atoms with Gasteiger partial charge in [-0.1, -0.05) is 12.8 Å². The third-order valence-corrected chi connectivity index (χ3v) is 2.96. The Morgan fingerprint density at radius 1 is 1.40 bits per heavy atom. The van der Waals surface area contributed by atoms with Crippen LogP contribution in [-0.4, -0.2) is 29.7 Å². The summed E-state index contributed by atoms with van der Waals surface area (Å²) < 4.78 is 0. The summed E-state index contributed by atoms with van der Waals surface area (Å²) in [6.07, 6.45) is 6.82. The minimum absolute atomic E-state index is 0.0279. The van der Waals surface area contributed by atoms with Crippen LogP contribution in [0.1, 0.15) is 44.9 Å². The molecule has 4 heteroatoms. The van der Waals surface area contributed by atoms with Crippen molar-refractivity contribution in [3.63, 3.8) is 0 Å². The molecule has 0 bridgehead atoms. The number of aliphatic hydroxyl groups is 1. The number of aliphatic hydroxyl groups excluding tert-OH is 1. The van der Waals surface area contributed by atoms with E-state index in [2.05, 4.69) is 5.32 Å². The molecule has 4 nitrogen and oxygen atoms in total. The molecule has 4 N–H and O–H groups in total. The smallest absolute Gasteiger partial charge is 0.237 e. The SMILES string of the molecule is N[C@@H](CCCCO)C(=O)NC1CCCC1.